The van der Waals surface area contributed by atoms with Gasteiger partial charge in [-0.2, -0.15) is 0 Å². The van der Waals surface area contributed by atoms with Gasteiger partial charge in [0.15, 0.2) is 0 Å². The zero-order chi connectivity index (χ0) is 16.4. The second-order valence-electron chi connectivity index (χ2n) is 5.26. The van der Waals surface area contributed by atoms with Gasteiger partial charge in [0.25, 0.3) is 10.0 Å². The Hall–Kier alpha value is -2.41. The summed E-state index contributed by atoms with van der Waals surface area (Å²) in [6.45, 7) is 0.632. The highest BCUT2D eigenvalue weighted by Crippen LogP contribution is 2.25. The van der Waals surface area contributed by atoms with Gasteiger partial charge in [0.1, 0.15) is 5.82 Å². The minimum atomic E-state index is -3.80. The molecule has 1 heterocycles. The average Bonchev–Trinajstić information content (AvgIpc) is 2.94. The molecule has 0 aliphatic carbocycles. The molecule has 1 saturated heterocycles. The lowest BCUT2D eigenvalue weighted by molar-refractivity contribution is -0.117. The van der Waals surface area contributed by atoms with Gasteiger partial charge in [-0.05, 0) is 48.9 Å². The van der Waals surface area contributed by atoms with Gasteiger partial charge in [-0.1, -0.05) is 6.07 Å². The normalized spacial score (nSPS) is 15.0. The number of hydrogen-bond donors (Lipinski definition) is 1. The SMILES string of the molecule is O=C1CCCN1c1cccc(NS(=O)(=O)c2ccc(F)cc2)c1. The average molecular weight is 334 g/mol. The third-order valence-corrected chi connectivity index (χ3v) is 5.00. The van der Waals surface area contributed by atoms with E-state index in [0.29, 0.717) is 24.3 Å². The molecule has 5 nitrogen and oxygen atoms in total. The maximum absolute atomic E-state index is 12.9. The Balaban J connectivity index is 1.85. The first-order chi connectivity index (χ1) is 11.0. The van der Waals surface area contributed by atoms with Crippen molar-refractivity contribution in [3.05, 3.63) is 54.3 Å². The van der Waals surface area contributed by atoms with E-state index in [2.05, 4.69) is 4.72 Å². The molecular weight excluding hydrogens is 319 g/mol. The standard InChI is InChI=1S/C16H15FN2O3S/c17-12-6-8-15(9-7-12)23(21,22)18-13-3-1-4-14(11-13)19-10-2-5-16(19)20/h1,3-4,6-9,11,18H,2,5,10H2. The quantitative estimate of drug-likeness (QED) is 0.935. The summed E-state index contributed by atoms with van der Waals surface area (Å²) in [4.78, 5) is 13.4. The van der Waals surface area contributed by atoms with Crippen molar-refractivity contribution in [2.45, 2.75) is 17.7 Å². The Kier molecular flexibility index (Phi) is 4.04. The van der Waals surface area contributed by atoms with E-state index in [4.69, 9.17) is 0 Å². The van der Waals surface area contributed by atoms with Crippen LogP contribution in [0.5, 0.6) is 0 Å². The van der Waals surface area contributed by atoms with E-state index in [1.165, 1.54) is 12.1 Å². The third kappa shape index (κ3) is 3.34. The monoisotopic (exact) mass is 334 g/mol. The zero-order valence-electron chi connectivity index (χ0n) is 12.2. The van der Waals surface area contributed by atoms with Crippen LogP contribution >= 0.6 is 0 Å². The number of anilines is 2. The molecule has 120 valence electrons. The second-order valence-corrected chi connectivity index (χ2v) is 6.94. The van der Waals surface area contributed by atoms with E-state index < -0.39 is 15.8 Å². The van der Waals surface area contributed by atoms with Crippen LogP contribution in [0.2, 0.25) is 0 Å². The number of benzene rings is 2. The lowest BCUT2D eigenvalue weighted by Crippen LogP contribution is -2.23. The van der Waals surface area contributed by atoms with Crippen LogP contribution in [0.25, 0.3) is 0 Å². The first-order valence-corrected chi connectivity index (χ1v) is 8.63. The fourth-order valence-corrected chi connectivity index (χ4v) is 3.54. The molecule has 0 aromatic heterocycles. The van der Waals surface area contributed by atoms with E-state index in [1.54, 1.807) is 29.2 Å². The first kappa shape index (κ1) is 15.5. The summed E-state index contributed by atoms with van der Waals surface area (Å²) in [6, 6.07) is 11.2. The van der Waals surface area contributed by atoms with Crippen LogP contribution in [0.4, 0.5) is 15.8 Å². The summed E-state index contributed by atoms with van der Waals surface area (Å²) in [5.74, 6) is -0.470. The number of nitrogens with one attached hydrogen (secondary N) is 1. The minimum absolute atomic E-state index is 0.0263. The molecule has 3 rings (SSSR count). The molecule has 1 aliphatic rings. The Morgan fingerprint density at radius 2 is 1.83 bits per heavy atom. The summed E-state index contributed by atoms with van der Waals surface area (Å²) < 4.78 is 39.9. The molecule has 7 heteroatoms. The molecule has 2 aromatic carbocycles. The number of sulfonamides is 1. The van der Waals surface area contributed by atoms with Crippen molar-refractivity contribution in [3.8, 4) is 0 Å². The van der Waals surface area contributed by atoms with Gasteiger partial charge in [-0.25, -0.2) is 12.8 Å². The summed E-state index contributed by atoms with van der Waals surface area (Å²) in [5, 5.41) is 0. The van der Waals surface area contributed by atoms with Crippen LogP contribution in [0.1, 0.15) is 12.8 Å². The predicted molar refractivity (Wildman–Crippen MR) is 85.2 cm³/mol. The van der Waals surface area contributed by atoms with E-state index in [1.807, 2.05) is 0 Å². The van der Waals surface area contributed by atoms with Crippen molar-refractivity contribution in [2.75, 3.05) is 16.2 Å². The van der Waals surface area contributed by atoms with Crippen LogP contribution in [0, 0.1) is 5.82 Å². The summed E-state index contributed by atoms with van der Waals surface area (Å²) in [7, 11) is -3.80. The number of carbonyl (C=O) groups excluding carboxylic acids is 1. The van der Waals surface area contributed by atoms with Gasteiger partial charge >= 0.3 is 0 Å². The van der Waals surface area contributed by atoms with Crippen LogP contribution in [-0.2, 0) is 14.8 Å². The second kappa shape index (κ2) is 6.00. The Morgan fingerprint density at radius 3 is 2.48 bits per heavy atom. The number of halogens is 1. The Labute approximate surface area is 133 Å². The number of carbonyl (C=O) groups is 1. The highest BCUT2D eigenvalue weighted by atomic mass is 32.2. The highest BCUT2D eigenvalue weighted by Gasteiger charge is 2.22. The van der Waals surface area contributed by atoms with Crippen molar-refractivity contribution < 1.29 is 17.6 Å². The van der Waals surface area contributed by atoms with E-state index in [9.17, 15) is 17.6 Å². The van der Waals surface area contributed by atoms with Gasteiger partial charge in [-0.3, -0.25) is 9.52 Å². The van der Waals surface area contributed by atoms with Crippen LogP contribution in [0.3, 0.4) is 0 Å². The number of nitrogens with zero attached hydrogens (tertiary/aromatic N) is 1. The molecule has 1 aliphatic heterocycles. The van der Waals surface area contributed by atoms with Gasteiger partial charge in [0.2, 0.25) is 5.91 Å². The van der Waals surface area contributed by atoms with Gasteiger partial charge in [0.05, 0.1) is 10.6 Å². The number of rotatable bonds is 4. The molecule has 1 amide bonds. The summed E-state index contributed by atoms with van der Waals surface area (Å²) in [5.41, 5.74) is 1.01. The van der Waals surface area contributed by atoms with Crippen molar-refractivity contribution >= 4 is 27.3 Å². The van der Waals surface area contributed by atoms with Crippen molar-refractivity contribution in [3.63, 3.8) is 0 Å². The van der Waals surface area contributed by atoms with Crippen molar-refractivity contribution in [1.82, 2.24) is 0 Å². The highest BCUT2D eigenvalue weighted by molar-refractivity contribution is 7.92. The molecule has 23 heavy (non-hydrogen) atoms. The van der Waals surface area contributed by atoms with Gasteiger partial charge in [0, 0.05) is 18.7 Å². The minimum Gasteiger partial charge on any atom is -0.312 e. The van der Waals surface area contributed by atoms with Gasteiger partial charge < -0.3 is 4.90 Å². The lowest BCUT2D eigenvalue weighted by Gasteiger charge is -2.17. The maximum Gasteiger partial charge on any atom is 0.261 e. The van der Waals surface area contributed by atoms with Crippen LogP contribution < -0.4 is 9.62 Å². The molecule has 0 bridgehead atoms. The summed E-state index contributed by atoms with van der Waals surface area (Å²) in [6.07, 6.45) is 1.30. The molecule has 0 radical (unpaired) electrons. The molecule has 0 atom stereocenters. The van der Waals surface area contributed by atoms with Crippen LogP contribution in [-0.4, -0.2) is 20.9 Å². The zero-order valence-corrected chi connectivity index (χ0v) is 13.0. The molecule has 2 aromatic rings. The molecule has 1 N–H and O–H groups in total. The van der Waals surface area contributed by atoms with E-state index in [0.717, 1.165) is 18.6 Å². The lowest BCUT2D eigenvalue weighted by atomic mass is 10.2. The van der Waals surface area contributed by atoms with E-state index >= 15 is 0 Å². The van der Waals surface area contributed by atoms with Crippen LogP contribution in [0.15, 0.2) is 53.4 Å². The number of amides is 1. The largest absolute Gasteiger partial charge is 0.312 e. The van der Waals surface area contributed by atoms with E-state index in [-0.39, 0.29) is 10.8 Å². The predicted octanol–water partition coefficient (Wildman–Crippen LogP) is 2.75. The molecule has 1 fully saturated rings. The van der Waals surface area contributed by atoms with Crippen molar-refractivity contribution in [2.24, 2.45) is 0 Å². The Morgan fingerprint density at radius 1 is 1.09 bits per heavy atom. The van der Waals surface area contributed by atoms with Gasteiger partial charge in [-0.15, -0.1) is 0 Å². The maximum atomic E-state index is 12.9. The molecule has 0 saturated carbocycles. The Bertz CT molecular complexity index is 835. The fraction of sp³-hybridized carbons (Fsp3) is 0.188. The first-order valence-electron chi connectivity index (χ1n) is 7.14. The summed E-state index contributed by atoms with van der Waals surface area (Å²) >= 11 is 0. The molecular formula is C16H15FN2O3S. The molecule has 0 spiro atoms. The molecule has 0 unspecified atom stereocenters. The van der Waals surface area contributed by atoms with Crippen molar-refractivity contribution in [1.29, 1.82) is 0 Å². The topological polar surface area (TPSA) is 66.5 Å². The third-order valence-electron chi connectivity index (χ3n) is 3.61. The smallest absolute Gasteiger partial charge is 0.261 e. The number of hydrogen-bond acceptors (Lipinski definition) is 3. The fourth-order valence-electron chi connectivity index (χ4n) is 2.49.